The number of methoxy groups -OCH3 is 1. The summed E-state index contributed by atoms with van der Waals surface area (Å²) in [6, 6.07) is 7.87. The van der Waals surface area contributed by atoms with E-state index in [1.807, 2.05) is 30.3 Å². The largest absolute Gasteiger partial charge is 0.467 e. The van der Waals surface area contributed by atoms with Crippen LogP contribution in [-0.4, -0.2) is 55.9 Å². The molecule has 1 amide bonds. The molecule has 1 heterocycles. The summed E-state index contributed by atoms with van der Waals surface area (Å²) < 4.78 is 28.2. The molecule has 23 heavy (non-hydrogen) atoms. The summed E-state index contributed by atoms with van der Waals surface area (Å²) >= 11 is 0. The smallest absolute Gasteiger partial charge is 0.328 e. The molecule has 1 aliphatic rings. The zero-order valence-electron chi connectivity index (χ0n) is 13.3. The number of benzene rings is 1. The Morgan fingerprint density at radius 2 is 1.96 bits per heavy atom. The van der Waals surface area contributed by atoms with Crippen molar-refractivity contribution in [1.82, 2.24) is 4.90 Å². The predicted molar refractivity (Wildman–Crippen MR) is 85.5 cm³/mol. The average molecular weight is 339 g/mol. The number of esters is 1. The van der Waals surface area contributed by atoms with Gasteiger partial charge in [-0.1, -0.05) is 30.3 Å². The van der Waals surface area contributed by atoms with E-state index in [4.69, 9.17) is 4.74 Å². The molecule has 0 bridgehead atoms. The Morgan fingerprint density at radius 3 is 2.48 bits per heavy atom. The molecule has 0 unspecified atom stereocenters. The standard InChI is InChI=1S/C16H21NO5S/c1-12(16(19)22-2)17(14-8-9-23(20,21)11-14)15(18)10-13-6-4-3-5-7-13/h3-7,12,14H,8-11H2,1-2H3/t12-,14-/m0/s1. The Labute approximate surface area is 136 Å². The van der Waals surface area contributed by atoms with Crippen molar-refractivity contribution in [2.24, 2.45) is 0 Å². The molecule has 0 spiro atoms. The highest BCUT2D eigenvalue weighted by Gasteiger charge is 2.39. The second-order valence-corrected chi connectivity index (χ2v) is 7.95. The van der Waals surface area contributed by atoms with E-state index in [-0.39, 0.29) is 23.8 Å². The molecule has 7 heteroatoms. The molecule has 2 atom stereocenters. The van der Waals surface area contributed by atoms with Gasteiger partial charge in [-0.15, -0.1) is 0 Å². The van der Waals surface area contributed by atoms with E-state index in [9.17, 15) is 18.0 Å². The van der Waals surface area contributed by atoms with Gasteiger partial charge in [0.15, 0.2) is 9.84 Å². The number of rotatable bonds is 5. The van der Waals surface area contributed by atoms with Gasteiger partial charge in [-0.3, -0.25) is 4.79 Å². The van der Waals surface area contributed by atoms with E-state index in [0.29, 0.717) is 6.42 Å². The van der Waals surface area contributed by atoms with Crippen LogP contribution < -0.4 is 0 Å². The first kappa shape index (κ1) is 17.5. The zero-order chi connectivity index (χ0) is 17.0. The summed E-state index contributed by atoms with van der Waals surface area (Å²) in [4.78, 5) is 25.9. The SMILES string of the molecule is COC(=O)[C@H](C)N(C(=O)Cc1ccccc1)[C@H]1CCS(=O)(=O)C1. The van der Waals surface area contributed by atoms with Crippen LogP contribution in [0.5, 0.6) is 0 Å². The fraction of sp³-hybridized carbons (Fsp3) is 0.500. The van der Waals surface area contributed by atoms with Gasteiger partial charge < -0.3 is 9.64 Å². The number of hydrogen-bond acceptors (Lipinski definition) is 5. The highest BCUT2D eigenvalue weighted by atomic mass is 32.2. The number of hydrogen-bond donors (Lipinski definition) is 0. The van der Waals surface area contributed by atoms with Crippen molar-refractivity contribution >= 4 is 21.7 Å². The van der Waals surface area contributed by atoms with Gasteiger partial charge in [0.2, 0.25) is 5.91 Å². The monoisotopic (exact) mass is 339 g/mol. The Balaban J connectivity index is 2.22. The minimum atomic E-state index is -3.16. The molecule has 1 aromatic rings. The summed E-state index contributed by atoms with van der Waals surface area (Å²) in [5.41, 5.74) is 0.820. The van der Waals surface area contributed by atoms with Crippen molar-refractivity contribution < 1.29 is 22.7 Å². The third kappa shape index (κ3) is 4.31. The Kier molecular flexibility index (Phi) is 5.41. The molecule has 1 saturated heterocycles. The molecule has 6 nitrogen and oxygen atoms in total. The number of ether oxygens (including phenoxy) is 1. The minimum absolute atomic E-state index is 0.0423. The van der Waals surface area contributed by atoms with Crippen molar-refractivity contribution in [2.75, 3.05) is 18.6 Å². The Morgan fingerprint density at radius 1 is 1.30 bits per heavy atom. The fourth-order valence-electron chi connectivity index (χ4n) is 2.88. The van der Waals surface area contributed by atoms with Crippen molar-refractivity contribution in [3.8, 4) is 0 Å². The predicted octanol–water partition coefficient (Wildman–Crippen LogP) is 0.806. The van der Waals surface area contributed by atoms with Gasteiger partial charge in [-0.2, -0.15) is 0 Å². The zero-order valence-corrected chi connectivity index (χ0v) is 14.1. The lowest BCUT2D eigenvalue weighted by molar-refractivity contribution is -0.153. The van der Waals surface area contributed by atoms with Crippen molar-refractivity contribution in [3.05, 3.63) is 35.9 Å². The second-order valence-electron chi connectivity index (χ2n) is 5.72. The first-order chi connectivity index (χ1) is 10.8. The molecule has 0 N–H and O–H groups in total. The molecule has 1 fully saturated rings. The van der Waals surface area contributed by atoms with Crippen LogP contribution in [0.15, 0.2) is 30.3 Å². The van der Waals surface area contributed by atoms with E-state index in [1.54, 1.807) is 6.92 Å². The van der Waals surface area contributed by atoms with Gasteiger partial charge in [0.05, 0.1) is 25.0 Å². The van der Waals surface area contributed by atoms with E-state index >= 15 is 0 Å². The summed E-state index contributed by atoms with van der Waals surface area (Å²) in [6.45, 7) is 1.57. The molecule has 1 aromatic carbocycles. The van der Waals surface area contributed by atoms with Crippen molar-refractivity contribution in [1.29, 1.82) is 0 Å². The summed E-state index contributed by atoms with van der Waals surface area (Å²) in [5.74, 6) is -0.873. The maximum atomic E-state index is 12.7. The first-order valence-electron chi connectivity index (χ1n) is 7.47. The Hall–Kier alpha value is -1.89. The number of carbonyl (C=O) groups is 2. The highest BCUT2D eigenvalue weighted by Crippen LogP contribution is 2.22. The third-order valence-corrected chi connectivity index (χ3v) is 5.80. The number of sulfone groups is 1. The molecule has 0 radical (unpaired) electrons. The average Bonchev–Trinajstić information content (AvgIpc) is 2.87. The molecule has 2 rings (SSSR count). The van der Waals surface area contributed by atoms with Crippen LogP contribution in [0.4, 0.5) is 0 Å². The van der Waals surface area contributed by atoms with E-state index in [2.05, 4.69) is 0 Å². The maximum absolute atomic E-state index is 12.7. The van der Waals surface area contributed by atoms with Crippen LogP contribution >= 0.6 is 0 Å². The number of nitrogens with zero attached hydrogens (tertiary/aromatic N) is 1. The molecule has 0 aromatic heterocycles. The molecular formula is C16H21NO5S. The maximum Gasteiger partial charge on any atom is 0.328 e. The van der Waals surface area contributed by atoms with Crippen LogP contribution in [0.25, 0.3) is 0 Å². The van der Waals surface area contributed by atoms with Crippen LogP contribution in [-0.2, 0) is 30.6 Å². The minimum Gasteiger partial charge on any atom is -0.467 e. The van der Waals surface area contributed by atoms with Gasteiger partial charge in [0.1, 0.15) is 6.04 Å². The number of amides is 1. The van der Waals surface area contributed by atoms with E-state index < -0.39 is 27.9 Å². The third-order valence-electron chi connectivity index (χ3n) is 4.05. The first-order valence-corrected chi connectivity index (χ1v) is 9.29. The molecule has 1 aliphatic heterocycles. The van der Waals surface area contributed by atoms with Crippen LogP contribution in [0.2, 0.25) is 0 Å². The van der Waals surface area contributed by atoms with Gasteiger partial charge in [-0.05, 0) is 18.9 Å². The van der Waals surface area contributed by atoms with E-state index in [1.165, 1.54) is 12.0 Å². The summed E-state index contributed by atoms with van der Waals surface area (Å²) in [7, 11) is -1.90. The van der Waals surface area contributed by atoms with Crippen LogP contribution in [0.1, 0.15) is 18.9 Å². The quantitative estimate of drug-likeness (QED) is 0.742. The fourth-order valence-corrected chi connectivity index (χ4v) is 4.59. The summed E-state index contributed by atoms with van der Waals surface area (Å²) in [5, 5.41) is 0. The molecule has 0 aliphatic carbocycles. The van der Waals surface area contributed by atoms with Crippen LogP contribution in [0, 0.1) is 0 Å². The lowest BCUT2D eigenvalue weighted by Gasteiger charge is -2.32. The van der Waals surface area contributed by atoms with Crippen LogP contribution in [0.3, 0.4) is 0 Å². The van der Waals surface area contributed by atoms with Gasteiger partial charge in [0, 0.05) is 6.04 Å². The molecular weight excluding hydrogens is 318 g/mol. The van der Waals surface area contributed by atoms with Gasteiger partial charge in [-0.25, -0.2) is 13.2 Å². The lowest BCUT2D eigenvalue weighted by Crippen LogP contribution is -2.50. The highest BCUT2D eigenvalue weighted by molar-refractivity contribution is 7.91. The molecule has 0 saturated carbocycles. The Bertz CT molecular complexity index is 671. The number of carbonyl (C=O) groups excluding carboxylic acids is 2. The van der Waals surface area contributed by atoms with Crippen molar-refractivity contribution in [2.45, 2.75) is 31.8 Å². The molecule has 126 valence electrons. The topological polar surface area (TPSA) is 80.8 Å². The van der Waals surface area contributed by atoms with Gasteiger partial charge in [0.25, 0.3) is 0 Å². The normalized spacial score (nSPS) is 20.7. The summed E-state index contributed by atoms with van der Waals surface area (Å²) in [6.07, 6.45) is 0.475. The van der Waals surface area contributed by atoms with E-state index in [0.717, 1.165) is 5.56 Å². The second kappa shape index (κ2) is 7.12. The lowest BCUT2D eigenvalue weighted by atomic mass is 10.1. The van der Waals surface area contributed by atoms with Crippen molar-refractivity contribution in [3.63, 3.8) is 0 Å². The van der Waals surface area contributed by atoms with Gasteiger partial charge >= 0.3 is 5.97 Å².